The molecule has 1 aliphatic heterocycles. The van der Waals surface area contributed by atoms with Crippen molar-refractivity contribution in [3.8, 4) is 5.75 Å². The molecule has 8 heteroatoms. The van der Waals surface area contributed by atoms with E-state index in [1.165, 1.54) is 12.8 Å². The Morgan fingerprint density at radius 3 is 2.76 bits per heavy atom. The number of hydrogen-bond donors (Lipinski definition) is 0. The molecule has 1 atom stereocenters. The van der Waals surface area contributed by atoms with Crippen molar-refractivity contribution in [1.82, 2.24) is 30.0 Å². The van der Waals surface area contributed by atoms with Crippen LogP contribution in [-0.4, -0.2) is 69.7 Å². The monoisotopic (exact) mass is 398 g/mol. The van der Waals surface area contributed by atoms with Gasteiger partial charge in [-0.05, 0) is 62.8 Å². The lowest BCUT2D eigenvalue weighted by Gasteiger charge is -2.35. The number of likely N-dealkylation sites (N-methyl/N-ethyl adjacent to an activating group) is 1. The second-order valence-electron chi connectivity index (χ2n) is 8.22. The van der Waals surface area contributed by atoms with E-state index in [9.17, 15) is 4.79 Å². The van der Waals surface area contributed by atoms with Gasteiger partial charge in [0.25, 0.3) is 5.91 Å². The number of carbonyl (C=O) groups is 1. The highest BCUT2D eigenvalue weighted by atomic mass is 16.5. The molecular formula is C21H30N6O2. The first-order valence-corrected chi connectivity index (χ1v) is 10.5. The number of benzene rings is 1. The van der Waals surface area contributed by atoms with Gasteiger partial charge in [-0.1, -0.05) is 25.0 Å². The first-order valence-electron chi connectivity index (χ1n) is 10.5. The van der Waals surface area contributed by atoms with E-state index in [4.69, 9.17) is 4.74 Å². The molecule has 0 spiro atoms. The van der Waals surface area contributed by atoms with Crippen molar-refractivity contribution < 1.29 is 9.53 Å². The Kier molecular flexibility index (Phi) is 5.54. The third-order valence-corrected chi connectivity index (χ3v) is 6.39. The molecule has 0 radical (unpaired) electrons. The number of ether oxygens (including phenoxy) is 1. The van der Waals surface area contributed by atoms with Gasteiger partial charge in [-0.25, -0.2) is 4.68 Å². The van der Waals surface area contributed by atoms with Gasteiger partial charge in [0, 0.05) is 13.1 Å². The van der Waals surface area contributed by atoms with Crippen molar-refractivity contribution in [2.75, 3.05) is 33.8 Å². The number of aromatic nitrogens is 4. The van der Waals surface area contributed by atoms with Crippen molar-refractivity contribution >= 4 is 5.91 Å². The van der Waals surface area contributed by atoms with E-state index in [0.29, 0.717) is 37.1 Å². The Balaban J connectivity index is 1.62. The Morgan fingerprint density at radius 1 is 1.28 bits per heavy atom. The van der Waals surface area contributed by atoms with Crippen molar-refractivity contribution in [2.45, 2.75) is 50.6 Å². The molecule has 0 N–H and O–H groups in total. The van der Waals surface area contributed by atoms with Gasteiger partial charge in [0.1, 0.15) is 11.3 Å². The van der Waals surface area contributed by atoms with Crippen LogP contribution in [0, 0.1) is 0 Å². The first kappa shape index (κ1) is 19.8. The fourth-order valence-corrected chi connectivity index (χ4v) is 4.70. The normalized spacial score (nSPS) is 22.6. The molecule has 29 heavy (non-hydrogen) atoms. The summed E-state index contributed by atoms with van der Waals surface area (Å²) in [5.41, 5.74) is 0.224. The topological polar surface area (TPSA) is 76.4 Å². The van der Waals surface area contributed by atoms with Crippen LogP contribution in [0.1, 0.15) is 61.3 Å². The molecule has 1 amide bonds. The molecule has 2 aromatic rings. The van der Waals surface area contributed by atoms with Crippen molar-refractivity contribution in [3.63, 3.8) is 0 Å². The number of carbonyl (C=O) groups excluding carboxylic acids is 1. The molecule has 1 aromatic carbocycles. The largest absolute Gasteiger partial charge is 0.493 e. The van der Waals surface area contributed by atoms with Gasteiger partial charge >= 0.3 is 0 Å². The quantitative estimate of drug-likeness (QED) is 0.744. The highest BCUT2D eigenvalue weighted by Crippen LogP contribution is 2.39. The maximum absolute atomic E-state index is 13.3. The second-order valence-corrected chi connectivity index (χ2v) is 8.22. The first-order chi connectivity index (χ1) is 14.1. The van der Waals surface area contributed by atoms with Gasteiger partial charge in [0.2, 0.25) is 0 Å². The summed E-state index contributed by atoms with van der Waals surface area (Å²) in [6.45, 7) is 3.68. The lowest BCUT2D eigenvalue weighted by molar-refractivity contribution is 0.0733. The van der Waals surface area contributed by atoms with E-state index in [0.717, 1.165) is 25.1 Å². The smallest absolute Gasteiger partial charge is 0.257 e. The summed E-state index contributed by atoms with van der Waals surface area (Å²) in [6.07, 6.45) is 5.48. The predicted octanol–water partition coefficient (Wildman–Crippen LogP) is 2.49. The number of tetrazole rings is 1. The van der Waals surface area contributed by atoms with Crippen molar-refractivity contribution in [3.05, 3.63) is 35.7 Å². The van der Waals surface area contributed by atoms with Crippen LogP contribution in [-0.2, 0) is 5.54 Å². The second kappa shape index (κ2) is 8.10. The van der Waals surface area contributed by atoms with E-state index in [2.05, 4.69) is 34.5 Å². The molecule has 0 bridgehead atoms. The van der Waals surface area contributed by atoms with E-state index < -0.39 is 0 Å². The number of para-hydroxylation sites is 1. The van der Waals surface area contributed by atoms with Crippen LogP contribution in [0.25, 0.3) is 0 Å². The lowest BCUT2D eigenvalue weighted by Crippen LogP contribution is -2.47. The molecule has 1 aliphatic carbocycles. The number of nitrogens with zero attached hydrogens (tertiary/aromatic N) is 6. The van der Waals surface area contributed by atoms with Gasteiger partial charge < -0.3 is 9.64 Å². The van der Waals surface area contributed by atoms with Crippen molar-refractivity contribution in [2.24, 2.45) is 0 Å². The van der Waals surface area contributed by atoms with Gasteiger partial charge in [0.15, 0.2) is 5.82 Å². The zero-order chi connectivity index (χ0) is 20.4. The minimum absolute atomic E-state index is 0.00216. The minimum atomic E-state index is -0.387. The van der Waals surface area contributed by atoms with Crippen LogP contribution in [0.3, 0.4) is 0 Å². The van der Waals surface area contributed by atoms with Gasteiger partial charge in [-0.15, -0.1) is 5.10 Å². The Bertz CT molecular complexity index is 860. The molecule has 1 unspecified atom stereocenters. The van der Waals surface area contributed by atoms with Gasteiger partial charge in [-0.3, -0.25) is 9.69 Å². The number of rotatable bonds is 6. The summed E-state index contributed by atoms with van der Waals surface area (Å²) in [5.74, 6) is 1.51. The van der Waals surface area contributed by atoms with Gasteiger partial charge in [-0.2, -0.15) is 0 Å². The number of amides is 1. The fraction of sp³-hybridized carbons (Fsp3) is 0.619. The zero-order valence-electron chi connectivity index (χ0n) is 17.5. The lowest BCUT2D eigenvalue weighted by atomic mass is 9.95. The summed E-state index contributed by atoms with van der Waals surface area (Å²) in [7, 11) is 4.10. The molecule has 2 fully saturated rings. The third kappa shape index (κ3) is 3.50. The van der Waals surface area contributed by atoms with Gasteiger partial charge in [0.05, 0.1) is 18.2 Å². The van der Waals surface area contributed by atoms with Crippen LogP contribution in [0.4, 0.5) is 0 Å². The summed E-state index contributed by atoms with van der Waals surface area (Å²) < 4.78 is 7.70. The third-order valence-electron chi connectivity index (χ3n) is 6.39. The van der Waals surface area contributed by atoms with Crippen LogP contribution in [0.5, 0.6) is 5.75 Å². The number of hydrogen-bond acceptors (Lipinski definition) is 6. The fourth-order valence-electron chi connectivity index (χ4n) is 4.70. The Hall–Kier alpha value is -2.48. The SMILES string of the molecule is CCOc1ccccc1C(=O)N1CCC(c2nnnn2C2CCCC2)(N(C)C)C1. The van der Waals surface area contributed by atoms with Crippen LogP contribution in [0.15, 0.2) is 24.3 Å². The maximum Gasteiger partial charge on any atom is 0.257 e. The highest BCUT2D eigenvalue weighted by molar-refractivity contribution is 5.97. The zero-order valence-corrected chi connectivity index (χ0v) is 17.5. The Labute approximate surface area is 171 Å². The minimum Gasteiger partial charge on any atom is -0.493 e. The van der Waals surface area contributed by atoms with E-state index >= 15 is 0 Å². The average molecular weight is 399 g/mol. The molecule has 2 heterocycles. The maximum atomic E-state index is 13.3. The highest BCUT2D eigenvalue weighted by Gasteiger charge is 2.48. The summed E-state index contributed by atoms with van der Waals surface area (Å²) in [5, 5.41) is 12.8. The average Bonchev–Trinajstić information content (AvgIpc) is 3.47. The summed E-state index contributed by atoms with van der Waals surface area (Å²) in [6, 6.07) is 7.83. The standard InChI is InChI=1S/C21H30N6O2/c1-4-29-18-12-8-7-11-17(18)19(28)26-14-13-21(15-26,25(2)3)20-22-23-24-27(20)16-9-5-6-10-16/h7-8,11-12,16H,4-6,9-10,13-15H2,1-3H3. The predicted molar refractivity (Wildman–Crippen MR) is 109 cm³/mol. The molecule has 156 valence electrons. The summed E-state index contributed by atoms with van der Waals surface area (Å²) >= 11 is 0. The van der Waals surface area contributed by atoms with E-state index in [1.807, 2.05) is 40.8 Å². The molecule has 8 nitrogen and oxygen atoms in total. The molecule has 1 saturated carbocycles. The molecule has 2 aliphatic rings. The molecule has 1 aromatic heterocycles. The van der Waals surface area contributed by atoms with E-state index in [1.54, 1.807) is 0 Å². The van der Waals surface area contributed by atoms with Crippen LogP contribution < -0.4 is 4.74 Å². The molecule has 1 saturated heterocycles. The van der Waals surface area contributed by atoms with Crippen LogP contribution >= 0.6 is 0 Å². The summed E-state index contributed by atoms with van der Waals surface area (Å²) in [4.78, 5) is 17.4. The number of likely N-dealkylation sites (tertiary alicyclic amines) is 1. The Morgan fingerprint density at radius 2 is 2.03 bits per heavy atom. The van der Waals surface area contributed by atoms with Crippen molar-refractivity contribution in [1.29, 1.82) is 0 Å². The molecular weight excluding hydrogens is 368 g/mol. The van der Waals surface area contributed by atoms with E-state index in [-0.39, 0.29) is 11.4 Å². The van der Waals surface area contributed by atoms with Crippen LogP contribution in [0.2, 0.25) is 0 Å². The molecule has 4 rings (SSSR count).